The molecule has 1 aromatic carbocycles. The Morgan fingerprint density at radius 3 is 2.27 bits per heavy atom. The molecule has 0 saturated carbocycles. The summed E-state index contributed by atoms with van der Waals surface area (Å²) in [7, 11) is 1.77. The lowest BCUT2D eigenvalue weighted by Crippen LogP contribution is -2.19. The number of amides is 1. The van der Waals surface area contributed by atoms with E-state index in [4.69, 9.17) is 0 Å². The predicted molar refractivity (Wildman–Crippen MR) is 66.2 cm³/mol. The molecule has 0 spiro atoms. The van der Waals surface area contributed by atoms with E-state index in [0.717, 1.165) is 12.0 Å². The van der Waals surface area contributed by atoms with Crippen molar-refractivity contribution < 1.29 is 4.79 Å². The lowest BCUT2D eigenvalue weighted by molar-refractivity contribution is 0.233. The van der Waals surface area contributed by atoms with Gasteiger partial charge in [0.2, 0.25) is 0 Å². The highest BCUT2D eigenvalue weighted by atomic mass is 79.9. The van der Waals surface area contributed by atoms with Gasteiger partial charge in [-0.1, -0.05) is 37.6 Å². The average Bonchev–Trinajstić information content (AvgIpc) is 2.21. The Bertz CT molecular complexity index is 321. The molecule has 0 saturated heterocycles. The van der Waals surface area contributed by atoms with E-state index in [1.807, 2.05) is 0 Å². The minimum atomic E-state index is -0.0832. The van der Waals surface area contributed by atoms with Crippen LogP contribution in [-0.2, 0) is 13.0 Å². The van der Waals surface area contributed by atoms with Crippen LogP contribution in [0.15, 0.2) is 24.3 Å². The van der Waals surface area contributed by atoms with Gasteiger partial charge in [-0.3, -0.25) is 4.79 Å². The van der Waals surface area contributed by atoms with Gasteiger partial charge in [0.15, 0.2) is 0 Å². The molecule has 1 amide bonds. The Hall–Kier alpha value is -0.830. The van der Waals surface area contributed by atoms with E-state index in [1.54, 1.807) is 11.9 Å². The Labute approximate surface area is 99.4 Å². The smallest absolute Gasteiger partial charge is 0.289 e. The summed E-state index contributed by atoms with van der Waals surface area (Å²) in [5, 5.41) is 0. The maximum atomic E-state index is 11.0. The molecule has 0 aliphatic heterocycles. The highest BCUT2D eigenvalue weighted by Crippen LogP contribution is 2.09. The Morgan fingerprint density at radius 2 is 1.80 bits per heavy atom. The molecule has 0 fully saturated rings. The van der Waals surface area contributed by atoms with E-state index in [-0.39, 0.29) is 4.82 Å². The minimum absolute atomic E-state index is 0.0832. The SMILES string of the molecule is CCCc1ccc(CN(C)C(=O)Br)cc1. The van der Waals surface area contributed by atoms with Crippen molar-refractivity contribution in [1.82, 2.24) is 4.90 Å². The number of nitrogens with zero attached hydrogens (tertiary/aromatic N) is 1. The predicted octanol–water partition coefficient (Wildman–Crippen LogP) is 3.59. The fraction of sp³-hybridized carbons (Fsp3) is 0.417. The van der Waals surface area contributed by atoms with E-state index in [9.17, 15) is 4.79 Å². The van der Waals surface area contributed by atoms with Gasteiger partial charge >= 0.3 is 0 Å². The van der Waals surface area contributed by atoms with Crippen molar-refractivity contribution in [3.05, 3.63) is 35.4 Å². The van der Waals surface area contributed by atoms with E-state index in [2.05, 4.69) is 47.1 Å². The van der Waals surface area contributed by atoms with Gasteiger partial charge in [-0.15, -0.1) is 0 Å². The standard InChI is InChI=1S/C12H16BrNO/c1-3-4-10-5-7-11(8-6-10)9-14(2)12(13)15/h5-8H,3-4,9H2,1-2H3. The van der Waals surface area contributed by atoms with E-state index >= 15 is 0 Å². The summed E-state index contributed by atoms with van der Waals surface area (Å²) in [5.74, 6) is 0. The highest BCUT2D eigenvalue weighted by molar-refractivity contribution is 9.18. The molecule has 82 valence electrons. The van der Waals surface area contributed by atoms with Gasteiger partial charge in [0.05, 0.1) is 0 Å². The van der Waals surface area contributed by atoms with E-state index < -0.39 is 0 Å². The third kappa shape index (κ3) is 4.04. The topological polar surface area (TPSA) is 20.3 Å². The molecule has 0 aromatic heterocycles. The fourth-order valence-electron chi connectivity index (χ4n) is 1.44. The van der Waals surface area contributed by atoms with Gasteiger partial charge in [0.25, 0.3) is 4.82 Å². The zero-order valence-corrected chi connectivity index (χ0v) is 10.8. The molecule has 0 heterocycles. The molecule has 0 atom stereocenters. The van der Waals surface area contributed by atoms with Gasteiger partial charge in [-0.25, -0.2) is 0 Å². The number of rotatable bonds is 4. The van der Waals surface area contributed by atoms with Crippen molar-refractivity contribution >= 4 is 20.7 Å². The Balaban J connectivity index is 2.60. The first kappa shape index (κ1) is 12.2. The summed E-state index contributed by atoms with van der Waals surface area (Å²) in [5.41, 5.74) is 2.51. The second kappa shape index (κ2) is 5.91. The first-order valence-corrected chi connectivity index (χ1v) is 5.91. The maximum absolute atomic E-state index is 11.0. The summed E-state index contributed by atoms with van der Waals surface area (Å²) in [6.45, 7) is 2.82. The largest absolute Gasteiger partial charge is 0.332 e. The van der Waals surface area contributed by atoms with Crippen LogP contribution in [-0.4, -0.2) is 16.8 Å². The average molecular weight is 270 g/mol. The van der Waals surface area contributed by atoms with Crippen molar-refractivity contribution in [2.45, 2.75) is 26.3 Å². The summed E-state index contributed by atoms with van der Waals surface area (Å²) < 4.78 is 0. The van der Waals surface area contributed by atoms with Crippen molar-refractivity contribution in [2.75, 3.05) is 7.05 Å². The highest BCUT2D eigenvalue weighted by Gasteiger charge is 2.04. The number of aryl methyl sites for hydroxylation is 1. The van der Waals surface area contributed by atoms with Crippen LogP contribution in [0.1, 0.15) is 24.5 Å². The summed E-state index contributed by atoms with van der Waals surface area (Å²) >= 11 is 2.92. The van der Waals surface area contributed by atoms with E-state index in [1.165, 1.54) is 12.0 Å². The first-order chi connectivity index (χ1) is 7.13. The fourth-order valence-corrected chi connectivity index (χ4v) is 1.56. The van der Waals surface area contributed by atoms with E-state index in [0.29, 0.717) is 6.54 Å². The number of hydrogen-bond donors (Lipinski definition) is 0. The van der Waals surface area contributed by atoms with Crippen LogP contribution < -0.4 is 0 Å². The van der Waals surface area contributed by atoms with Crippen LogP contribution in [0.4, 0.5) is 4.79 Å². The van der Waals surface area contributed by atoms with Gasteiger partial charge < -0.3 is 4.90 Å². The molecule has 1 aromatic rings. The molecule has 0 unspecified atom stereocenters. The number of benzene rings is 1. The van der Waals surface area contributed by atoms with Crippen LogP contribution in [0.25, 0.3) is 0 Å². The van der Waals surface area contributed by atoms with Crippen LogP contribution in [0.5, 0.6) is 0 Å². The lowest BCUT2D eigenvalue weighted by atomic mass is 10.1. The number of carbonyl (C=O) groups is 1. The molecule has 1 rings (SSSR count). The first-order valence-electron chi connectivity index (χ1n) is 5.12. The molecule has 3 heteroatoms. The molecule has 0 bridgehead atoms. The van der Waals surface area contributed by atoms with Crippen molar-refractivity contribution in [3.8, 4) is 0 Å². The van der Waals surface area contributed by atoms with Crippen molar-refractivity contribution in [1.29, 1.82) is 0 Å². The minimum Gasteiger partial charge on any atom is -0.332 e. The van der Waals surface area contributed by atoms with Crippen LogP contribution in [0, 0.1) is 0 Å². The lowest BCUT2D eigenvalue weighted by Gasteiger charge is -2.13. The molecule has 0 N–H and O–H groups in total. The Morgan fingerprint density at radius 1 is 1.27 bits per heavy atom. The van der Waals surface area contributed by atoms with Gasteiger partial charge in [0, 0.05) is 29.5 Å². The maximum Gasteiger partial charge on any atom is 0.289 e. The molecule has 15 heavy (non-hydrogen) atoms. The molecule has 0 aliphatic rings. The summed E-state index contributed by atoms with van der Waals surface area (Å²) in [6, 6.07) is 8.42. The van der Waals surface area contributed by atoms with Crippen molar-refractivity contribution in [3.63, 3.8) is 0 Å². The third-order valence-corrected chi connectivity index (χ3v) is 2.89. The molecular formula is C12H16BrNO. The number of hydrogen-bond acceptors (Lipinski definition) is 1. The normalized spacial score (nSPS) is 10.1. The molecular weight excluding hydrogens is 254 g/mol. The molecule has 0 radical (unpaired) electrons. The van der Waals surface area contributed by atoms with Crippen molar-refractivity contribution in [2.24, 2.45) is 0 Å². The summed E-state index contributed by atoms with van der Waals surface area (Å²) in [6.07, 6.45) is 2.28. The quantitative estimate of drug-likeness (QED) is 0.605. The molecule has 2 nitrogen and oxygen atoms in total. The zero-order chi connectivity index (χ0) is 11.3. The van der Waals surface area contributed by atoms with Gasteiger partial charge in [-0.2, -0.15) is 0 Å². The number of carbonyl (C=O) groups excluding carboxylic acids is 1. The van der Waals surface area contributed by atoms with Gasteiger partial charge in [0.1, 0.15) is 0 Å². The number of halogens is 1. The Kier molecular flexibility index (Phi) is 4.82. The summed E-state index contributed by atoms with van der Waals surface area (Å²) in [4.78, 5) is 12.5. The third-order valence-electron chi connectivity index (χ3n) is 2.28. The van der Waals surface area contributed by atoms with Crippen LogP contribution >= 0.6 is 15.9 Å². The zero-order valence-electron chi connectivity index (χ0n) is 9.16. The van der Waals surface area contributed by atoms with Crippen LogP contribution in [0.2, 0.25) is 0 Å². The van der Waals surface area contributed by atoms with Crippen LogP contribution in [0.3, 0.4) is 0 Å². The second-order valence-corrected chi connectivity index (χ2v) is 4.35. The monoisotopic (exact) mass is 269 g/mol. The van der Waals surface area contributed by atoms with Gasteiger partial charge in [-0.05, 0) is 17.5 Å². The second-order valence-electron chi connectivity index (χ2n) is 3.68. The molecule has 0 aliphatic carbocycles.